The zero-order valence-electron chi connectivity index (χ0n) is 10.6. The third kappa shape index (κ3) is 2.18. The van der Waals surface area contributed by atoms with Gasteiger partial charge in [0.1, 0.15) is 0 Å². The van der Waals surface area contributed by atoms with Gasteiger partial charge in [-0.25, -0.2) is 4.98 Å². The maximum Gasteiger partial charge on any atom is 0.185 e. The molecule has 0 N–H and O–H groups in total. The van der Waals surface area contributed by atoms with Gasteiger partial charge in [0.25, 0.3) is 0 Å². The molecule has 0 saturated carbocycles. The number of fused-ring (bicyclic) bond motifs is 1. The fourth-order valence-corrected chi connectivity index (χ4v) is 2.01. The second kappa shape index (κ2) is 5.12. The van der Waals surface area contributed by atoms with Gasteiger partial charge in [-0.05, 0) is 31.5 Å². The van der Waals surface area contributed by atoms with Crippen LogP contribution in [0.15, 0.2) is 18.2 Å². The van der Waals surface area contributed by atoms with Gasteiger partial charge in [0.05, 0.1) is 11.0 Å². The first-order valence-corrected chi connectivity index (χ1v) is 6.13. The summed E-state index contributed by atoms with van der Waals surface area (Å²) in [7, 11) is 0. The average molecular weight is 244 g/mol. The molecule has 0 amide bonds. The highest BCUT2D eigenvalue weighted by Crippen LogP contribution is 2.18. The van der Waals surface area contributed by atoms with Crippen LogP contribution in [0.5, 0.6) is 0 Å². The number of nitrogens with zero attached hydrogens (tertiary/aromatic N) is 2. The van der Waals surface area contributed by atoms with Crippen molar-refractivity contribution in [3.8, 4) is 0 Å². The zero-order chi connectivity index (χ0) is 13.1. The van der Waals surface area contributed by atoms with Gasteiger partial charge in [-0.2, -0.15) is 0 Å². The van der Waals surface area contributed by atoms with E-state index in [9.17, 15) is 9.59 Å². The predicted molar refractivity (Wildman–Crippen MR) is 70.0 cm³/mol. The Bertz CT molecular complexity index is 599. The quantitative estimate of drug-likeness (QED) is 0.600. The molecule has 0 bridgehead atoms. The Kier molecular flexibility index (Phi) is 3.55. The Labute approximate surface area is 106 Å². The summed E-state index contributed by atoms with van der Waals surface area (Å²) in [6, 6.07) is 5.39. The number of ketones is 1. The minimum atomic E-state index is 0.00709. The van der Waals surface area contributed by atoms with Crippen molar-refractivity contribution in [2.75, 3.05) is 0 Å². The Morgan fingerprint density at radius 2 is 2.22 bits per heavy atom. The predicted octanol–water partition coefficient (Wildman–Crippen LogP) is 2.85. The fourth-order valence-electron chi connectivity index (χ4n) is 2.01. The van der Waals surface area contributed by atoms with Crippen molar-refractivity contribution in [3.63, 3.8) is 0 Å². The van der Waals surface area contributed by atoms with Crippen LogP contribution in [0.3, 0.4) is 0 Å². The number of unbranched alkanes of at least 4 members (excludes halogenated alkanes) is 1. The maximum atomic E-state index is 11.3. The molecule has 0 fully saturated rings. The summed E-state index contributed by atoms with van der Waals surface area (Å²) in [6.45, 7) is 4.41. The third-order valence-electron chi connectivity index (χ3n) is 3.02. The van der Waals surface area contributed by atoms with Crippen LogP contribution in [0.2, 0.25) is 0 Å². The lowest BCUT2D eigenvalue weighted by Crippen LogP contribution is -2.02. The molecule has 0 atom stereocenters. The maximum absolute atomic E-state index is 11.3. The molecule has 0 saturated heterocycles. The normalized spacial score (nSPS) is 10.8. The molecule has 0 aliphatic heterocycles. The van der Waals surface area contributed by atoms with Crippen LogP contribution in [0.25, 0.3) is 11.0 Å². The number of hydrogen-bond donors (Lipinski definition) is 0. The van der Waals surface area contributed by atoms with Gasteiger partial charge in [0.2, 0.25) is 0 Å². The Hall–Kier alpha value is -1.97. The molecule has 1 aromatic carbocycles. The summed E-state index contributed by atoms with van der Waals surface area (Å²) in [5.74, 6) is 0.437. The molecule has 0 aliphatic carbocycles. The molecular weight excluding hydrogens is 228 g/mol. The number of aryl methyl sites for hydroxylation is 1. The molecule has 0 unspecified atom stereocenters. The molecule has 0 radical (unpaired) electrons. The summed E-state index contributed by atoms with van der Waals surface area (Å²) in [4.78, 5) is 26.6. The van der Waals surface area contributed by atoms with Crippen LogP contribution in [0, 0.1) is 0 Å². The molecule has 0 aliphatic rings. The zero-order valence-corrected chi connectivity index (χ0v) is 10.6. The van der Waals surface area contributed by atoms with Gasteiger partial charge in [-0.15, -0.1) is 0 Å². The number of carbonyl (C=O) groups is 2. The van der Waals surface area contributed by atoms with E-state index >= 15 is 0 Å². The lowest BCUT2D eigenvalue weighted by Gasteiger charge is -2.04. The number of imidazole rings is 1. The summed E-state index contributed by atoms with van der Waals surface area (Å²) < 4.78 is 1.91. The highest BCUT2D eigenvalue weighted by atomic mass is 16.1. The van der Waals surface area contributed by atoms with E-state index in [2.05, 4.69) is 11.9 Å². The lowest BCUT2D eigenvalue weighted by atomic mass is 10.1. The van der Waals surface area contributed by atoms with Crippen LogP contribution in [-0.2, 0) is 6.54 Å². The third-order valence-corrected chi connectivity index (χ3v) is 3.02. The summed E-state index contributed by atoms with van der Waals surface area (Å²) in [6.07, 6.45) is 2.83. The number of aromatic nitrogens is 2. The standard InChI is InChI=1S/C14H16N2O2/c1-3-4-7-16-13-6-5-11(10(2)18)8-12(13)15-14(16)9-17/h5-6,8-9H,3-4,7H2,1-2H3. The summed E-state index contributed by atoms with van der Waals surface area (Å²) in [5.41, 5.74) is 2.25. The van der Waals surface area contributed by atoms with Gasteiger partial charge in [0.15, 0.2) is 17.9 Å². The van der Waals surface area contributed by atoms with Crippen LogP contribution >= 0.6 is 0 Å². The van der Waals surface area contributed by atoms with E-state index in [0.29, 0.717) is 16.9 Å². The van der Waals surface area contributed by atoms with Gasteiger partial charge >= 0.3 is 0 Å². The first-order chi connectivity index (χ1) is 8.67. The van der Waals surface area contributed by atoms with E-state index < -0.39 is 0 Å². The van der Waals surface area contributed by atoms with Crippen molar-refractivity contribution in [3.05, 3.63) is 29.6 Å². The molecule has 18 heavy (non-hydrogen) atoms. The van der Waals surface area contributed by atoms with E-state index in [1.165, 1.54) is 6.92 Å². The number of Topliss-reactive ketones (excluding diaryl/α,β-unsaturated/α-hetero) is 1. The minimum Gasteiger partial charge on any atom is -0.322 e. The number of benzene rings is 1. The molecule has 2 aromatic rings. The largest absolute Gasteiger partial charge is 0.322 e. The summed E-state index contributed by atoms with van der Waals surface area (Å²) >= 11 is 0. The van der Waals surface area contributed by atoms with E-state index in [1.807, 2.05) is 10.6 Å². The minimum absolute atomic E-state index is 0.00709. The van der Waals surface area contributed by atoms with Gasteiger partial charge in [0, 0.05) is 12.1 Å². The molecule has 4 nitrogen and oxygen atoms in total. The number of aldehydes is 1. The fraction of sp³-hybridized carbons (Fsp3) is 0.357. The lowest BCUT2D eigenvalue weighted by molar-refractivity contribution is 0.101. The molecule has 1 aromatic heterocycles. The molecular formula is C14H16N2O2. The molecule has 4 heteroatoms. The van der Waals surface area contributed by atoms with Crippen LogP contribution in [0.4, 0.5) is 0 Å². The van der Waals surface area contributed by atoms with Crippen LogP contribution in [-0.4, -0.2) is 21.6 Å². The highest BCUT2D eigenvalue weighted by molar-refractivity contribution is 5.97. The molecule has 1 heterocycles. The van der Waals surface area contributed by atoms with Gasteiger partial charge < -0.3 is 4.57 Å². The Morgan fingerprint density at radius 3 is 2.83 bits per heavy atom. The second-order valence-corrected chi connectivity index (χ2v) is 4.35. The summed E-state index contributed by atoms with van der Waals surface area (Å²) in [5, 5.41) is 0. The van der Waals surface area contributed by atoms with Crippen molar-refractivity contribution in [1.82, 2.24) is 9.55 Å². The smallest absolute Gasteiger partial charge is 0.185 e. The van der Waals surface area contributed by atoms with Crippen LogP contribution in [0.1, 0.15) is 47.7 Å². The van der Waals surface area contributed by atoms with Crippen LogP contribution < -0.4 is 0 Å². The number of hydrogen-bond acceptors (Lipinski definition) is 3. The average Bonchev–Trinajstić information content (AvgIpc) is 2.72. The highest BCUT2D eigenvalue weighted by Gasteiger charge is 2.11. The molecule has 0 spiro atoms. The SMILES string of the molecule is CCCCn1c(C=O)nc2cc(C(C)=O)ccc21. The van der Waals surface area contributed by atoms with Gasteiger partial charge in [-0.3, -0.25) is 9.59 Å². The second-order valence-electron chi connectivity index (χ2n) is 4.35. The Morgan fingerprint density at radius 1 is 1.44 bits per heavy atom. The van der Waals surface area contributed by atoms with E-state index in [-0.39, 0.29) is 5.78 Å². The number of rotatable bonds is 5. The molecule has 2 rings (SSSR count). The van der Waals surface area contributed by atoms with E-state index in [1.54, 1.807) is 12.1 Å². The molecule has 94 valence electrons. The number of carbonyl (C=O) groups excluding carboxylic acids is 2. The Balaban J connectivity index is 2.54. The monoisotopic (exact) mass is 244 g/mol. The van der Waals surface area contributed by atoms with Gasteiger partial charge in [-0.1, -0.05) is 13.3 Å². The van der Waals surface area contributed by atoms with Crippen molar-refractivity contribution in [2.45, 2.75) is 33.2 Å². The van der Waals surface area contributed by atoms with Crippen molar-refractivity contribution >= 4 is 23.1 Å². The van der Waals surface area contributed by atoms with Crippen molar-refractivity contribution in [1.29, 1.82) is 0 Å². The topological polar surface area (TPSA) is 52.0 Å². The van der Waals surface area contributed by atoms with Crippen molar-refractivity contribution < 1.29 is 9.59 Å². The first kappa shape index (κ1) is 12.5. The van der Waals surface area contributed by atoms with Crippen molar-refractivity contribution in [2.24, 2.45) is 0 Å². The van der Waals surface area contributed by atoms with E-state index in [4.69, 9.17) is 0 Å². The van der Waals surface area contributed by atoms with E-state index in [0.717, 1.165) is 31.2 Å². The first-order valence-electron chi connectivity index (χ1n) is 6.13.